The van der Waals surface area contributed by atoms with Gasteiger partial charge in [0.2, 0.25) is 0 Å². The van der Waals surface area contributed by atoms with Crippen LogP contribution in [0.15, 0.2) is 48.5 Å². The van der Waals surface area contributed by atoms with Gasteiger partial charge in [-0.3, -0.25) is 4.79 Å². The molecule has 20 heavy (non-hydrogen) atoms. The van der Waals surface area contributed by atoms with Gasteiger partial charge in [0.15, 0.2) is 5.78 Å². The standard InChI is InChI=1S/C16H15BrO3/c1-19-14-6-2-12(3-7-14)16(18)13-4-8-15(9-5-13)20-11-10-17/h2-9H,10-11H2,1H3. The molecule has 3 nitrogen and oxygen atoms in total. The van der Waals surface area contributed by atoms with Gasteiger partial charge in [-0.2, -0.15) is 0 Å². The minimum absolute atomic E-state index is 0.0142. The Morgan fingerprint density at radius 1 is 0.950 bits per heavy atom. The fourth-order valence-corrected chi connectivity index (χ4v) is 1.93. The first-order valence-corrected chi connectivity index (χ1v) is 7.34. The molecule has 0 amide bonds. The van der Waals surface area contributed by atoms with Crippen LogP contribution >= 0.6 is 15.9 Å². The van der Waals surface area contributed by atoms with E-state index in [4.69, 9.17) is 9.47 Å². The highest BCUT2D eigenvalue weighted by molar-refractivity contribution is 9.09. The summed E-state index contributed by atoms with van der Waals surface area (Å²) in [5, 5.41) is 0.777. The van der Waals surface area contributed by atoms with Gasteiger partial charge in [0.05, 0.1) is 13.7 Å². The first kappa shape index (κ1) is 14.6. The van der Waals surface area contributed by atoms with Crippen molar-refractivity contribution in [3.63, 3.8) is 0 Å². The molecule has 0 saturated heterocycles. The van der Waals surface area contributed by atoms with E-state index in [-0.39, 0.29) is 5.78 Å². The average molecular weight is 335 g/mol. The highest BCUT2D eigenvalue weighted by Gasteiger charge is 2.09. The normalized spacial score (nSPS) is 10.1. The molecule has 0 spiro atoms. The van der Waals surface area contributed by atoms with Crippen molar-refractivity contribution in [2.75, 3.05) is 19.0 Å². The lowest BCUT2D eigenvalue weighted by Gasteiger charge is -2.06. The number of alkyl halides is 1. The summed E-state index contributed by atoms with van der Waals surface area (Å²) in [6, 6.07) is 14.2. The van der Waals surface area contributed by atoms with Crippen molar-refractivity contribution in [1.82, 2.24) is 0 Å². The van der Waals surface area contributed by atoms with Crippen molar-refractivity contribution in [2.45, 2.75) is 0 Å². The van der Waals surface area contributed by atoms with Crippen LogP contribution in [0.2, 0.25) is 0 Å². The van der Waals surface area contributed by atoms with Gasteiger partial charge in [-0.25, -0.2) is 0 Å². The van der Waals surface area contributed by atoms with Crippen LogP contribution in [0.1, 0.15) is 15.9 Å². The van der Waals surface area contributed by atoms with E-state index in [1.807, 2.05) is 0 Å². The molecular weight excluding hydrogens is 320 g/mol. The lowest BCUT2D eigenvalue weighted by molar-refractivity contribution is 0.103. The number of carbonyl (C=O) groups excluding carboxylic acids is 1. The van der Waals surface area contributed by atoms with E-state index in [1.54, 1.807) is 55.6 Å². The Labute approximate surface area is 126 Å². The molecule has 0 bridgehead atoms. The number of rotatable bonds is 6. The van der Waals surface area contributed by atoms with E-state index < -0.39 is 0 Å². The van der Waals surface area contributed by atoms with Crippen molar-refractivity contribution in [3.8, 4) is 11.5 Å². The van der Waals surface area contributed by atoms with Gasteiger partial charge >= 0.3 is 0 Å². The van der Waals surface area contributed by atoms with Crippen LogP contribution in [0.5, 0.6) is 11.5 Å². The van der Waals surface area contributed by atoms with Crippen LogP contribution in [-0.4, -0.2) is 24.8 Å². The zero-order chi connectivity index (χ0) is 14.4. The van der Waals surface area contributed by atoms with Crippen LogP contribution in [0.25, 0.3) is 0 Å². The Morgan fingerprint density at radius 3 is 1.90 bits per heavy atom. The summed E-state index contributed by atoms with van der Waals surface area (Å²) in [5.41, 5.74) is 1.28. The lowest BCUT2D eigenvalue weighted by atomic mass is 10.0. The average Bonchev–Trinajstić information content (AvgIpc) is 2.53. The monoisotopic (exact) mass is 334 g/mol. The van der Waals surface area contributed by atoms with Crippen molar-refractivity contribution in [2.24, 2.45) is 0 Å². The predicted molar refractivity (Wildman–Crippen MR) is 82.2 cm³/mol. The molecule has 0 aliphatic heterocycles. The van der Waals surface area contributed by atoms with Crippen LogP contribution in [0, 0.1) is 0 Å². The van der Waals surface area contributed by atoms with Gasteiger partial charge in [-0.1, -0.05) is 15.9 Å². The molecule has 0 heterocycles. The minimum atomic E-state index is -0.0142. The second kappa shape index (κ2) is 7.10. The zero-order valence-electron chi connectivity index (χ0n) is 11.1. The molecule has 0 radical (unpaired) electrons. The van der Waals surface area contributed by atoms with Crippen LogP contribution < -0.4 is 9.47 Å². The topological polar surface area (TPSA) is 35.5 Å². The molecule has 104 valence electrons. The number of halogens is 1. The maximum Gasteiger partial charge on any atom is 0.193 e. The second-order valence-electron chi connectivity index (χ2n) is 4.12. The molecule has 0 aromatic heterocycles. The van der Waals surface area contributed by atoms with Gasteiger partial charge < -0.3 is 9.47 Å². The van der Waals surface area contributed by atoms with E-state index in [0.29, 0.717) is 17.7 Å². The van der Waals surface area contributed by atoms with Crippen molar-refractivity contribution < 1.29 is 14.3 Å². The van der Waals surface area contributed by atoms with Gasteiger partial charge in [0, 0.05) is 16.5 Å². The number of methoxy groups -OCH3 is 1. The minimum Gasteiger partial charge on any atom is -0.497 e. The highest BCUT2D eigenvalue weighted by atomic mass is 79.9. The maximum atomic E-state index is 12.3. The summed E-state index contributed by atoms with van der Waals surface area (Å²) < 4.78 is 10.5. The molecule has 2 aromatic carbocycles. The number of ether oxygens (including phenoxy) is 2. The molecule has 0 saturated carbocycles. The summed E-state index contributed by atoms with van der Waals surface area (Å²) >= 11 is 3.30. The predicted octanol–water partition coefficient (Wildman–Crippen LogP) is 3.70. The van der Waals surface area contributed by atoms with E-state index in [0.717, 1.165) is 16.8 Å². The molecule has 0 atom stereocenters. The quantitative estimate of drug-likeness (QED) is 0.596. The third-order valence-electron chi connectivity index (χ3n) is 2.81. The molecule has 0 unspecified atom stereocenters. The van der Waals surface area contributed by atoms with Gasteiger partial charge in [-0.05, 0) is 48.5 Å². The molecule has 4 heteroatoms. The second-order valence-corrected chi connectivity index (χ2v) is 4.91. The summed E-state index contributed by atoms with van der Waals surface area (Å²) in [7, 11) is 1.60. The fourth-order valence-electron chi connectivity index (χ4n) is 1.77. The zero-order valence-corrected chi connectivity index (χ0v) is 12.7. The molecule has 2 rings (SSSR count). The summed E-state index contributed by atoms with van der Waals surface area (Å²) in [5.74, 6) is 1.48. The fraction of sp³-hybridized carbons (Fsp3) is 0.188. The van der Waals surface area contributed by atoms with Gasteiger partial charge in [-0.15, -0.1) is 0 Å². The first-order valence-electron chi connectivity index (χ1n) is 6.22. The Kier molecular flexibility index (Phi) is 5.18. The largest absolute Gasteiger partial charge is 0.497 e. The lowest BCUT2D eigenvalue weighted by Crippen LogP contribution is -2.02. The number of hydrogen-bond acceptors (Lipinski definition) is 3. The van der Waals surface area contributed by atoms with Crippen LogP contribution in [0.3, 0.4) is 0 Å². The summed E-state index contributed by atoms with van der Waals surface area (Å²) in [6.07, 6.45) is 0. The molecule has 0 fully saturated rings. The van der Waals surface area contributed by atoms with E-state index in [1.165, 1.54) is 0 Å². The number of ketones is 1. The van der Waals surface area contributed by atoms with Crippen molar-refractivity contribution >= 4 is 21.7 Å². The highest BCUT2D eigenvalue weighted by Crippen LogP contribution is 2.17. The smallest absolute Gasteiger partial charge is 0.193 e. The van der Waals surface area contributed by atoms with Crippen LogP contribution in [-0.2, 0) is 0 Å². The molecule has 2 aromatic rings. The Hall–Kier alpha value is -1.81. The molecule has 0 aliphatic rings. The van der Waals surface area contributed by atoms with E-state index in [9.17, 15) is 4.79 Å². The SMILES string of the molecule is COc1ccc(C(=O)c2ccc(OCCBr)cc2)cc1. The number of benzene rings is 2. The molecule has 0 N–H and O–H groups in total. The third-order valence-corrected chi connectivity index (χ3v) is 3.14. The summed E-state index contributed by atoms with van der Waals surface area (Å²) in [4.78, 5) is 12.3. The van der Waals surface area contributed by atoms with E-state index >= 15 is 0 Å². The first-order chi connectivity index (χ1) is 9.74. The maximum absolute atomic E-state index is 12.3. The summed E-state index contributed by atoms with van der Waals surface area (Å²) in [6.45, 7) is 0.603. The molecular formula is C16H15BrO3. The Bertz CT molecular complexity index is 561. The van der Waals surface area contributed by atoms with Crippen LogP contribution in [0.4, 0.5) is 0 Å². The Balaban J connectivity index is 2.11. The van der Waals surface area contributed by atoms with Crippen molar-refractivity contribution in [1.29, 1.82) is 0 Å². The molecule has 0 aliphatic carbocycles. The number of carbonyl (C=O) groups is 1. The third kappa shape index (κ3) is 3.61. The van der Waals surface area contributed by atoms with Gasteiger partial charge in [0.25, 0.3) is 0 Å². The number of hydrogen-bond donors (Lipinski definition) is 0. The van der Waals surface area contributed by atoms with Crippen molar-refractivity contribution in [3.05, 3.63) is 59.7 Å². The Morgan fingerprint density at radius 2 is 1.45 bits per heavy atom. The van der Waals surface area contributed by atoms with E-state index in [2.05, 4.69) is 15.9 Å². The van der Waals surface area contributed by atoms with Gasteiger partial charge in [0.1, 0.15) is 11.5 Å².